The van der Waals surface area contributed by atoms with Gasteiger partial charge in [0.05, 0.1) is 6.61 Å². The van der Waals surface area contributed by atoms with E-state index in [0.717, 1.165) is 26.3 Å². The first kappa shape index (κ1) is 7.98. The molecule has 1 aliphatic heterocycles. The van der Waals surface area contributed by atoms with E-state index < -0.39 is 0 Å². The van der Waals surface area contributed by atoms with Crippen LogP contribution >= 0.6 is 0 Å². The molecule has 0 radical (unpaired) electrons. The fourth-order valence-corrected chi connectivity index (χ4v) is 1.23. The molecule has 0 atom stereocenters. The van der Waals surface area contributed by atoms with Crippen LogP contribution in [0.25, 0.3) is 0 Å². The number of aliphatic hydroxyl groups is 1. The molecular weight excluding hydrogens is 128 g/mol. The molecule has 0 aromatic carbocycles. The highest BCUT2D eigenvalue weighted by atomic mass is 16.3. The summed E-state index contributed by atoms with van der Waals surface area (Å²) >= 11 is 0. The number of nitrogens with one attached hydrogen (secondary N) is 1. The summed E-state index contributed by atoms with van der Waals surface area (Å²) in [4.78, 5) is 2.24. The molecule has 1 aliphatic rings. The molecule has 60 valence electrons. The summed E-state index contributed by atoms with van der Waals surface area (Å²) in [5, 5.41) is 11.9. The van der Waals surface area contributed by atoms with Gasteiger partial charge in [0.2, 0.25) is 0 Å². The highest BCUT2D eigenvalue weighted by molar-refractivity contribution is 4.61. The molecule has 3 nitrogen and oxygen atoms in total. The normalized spacial score (nSPS) is 22.5. The molecule has 1 heterocycles. The van der Waals surface area contributed by atoms with E-state index in [1.165, 1.54) is 12.8 Å². The first-order valence-corrected chi connectivity index (χ1v) is 3.97. The van der Waals surface area contributed by atoms with Gasteiger partial charge in [0.1, 0.15) is 0 Å². The molecule has 0 saturated carbocycles. The van der Waals surface area contributed by atoms with Crippen molar-refractivity contribution >= 4 is 0 Å². The first-order chi connectivity index (χ1) is 4.93. The zero-order valence-electron chi connectivity index (χ0n) is 6.34. The van der Waals surface area contributed by atoms with Gasteiger partial charge in [-0.05, 0) is 25.9 Å². The van der Waals surface area contributed by atoms with E-state index in [2.05, 4.69) is 10.2 Å². The Balaban J connectivity index is 2.15. The minimum Gasteiger partial charge on any atom is -0.395 e. The lowest BCUT2D eigenvalue weighted by Gasteiger charge is -2.17. The van der Waals surface area contributed by atoms with Crippen molar-refractivity contribution < 1.29 is 5.11 Å². The quantitative estimate of drug-likeness (QED) is 0.554. The molecule has 10 heavy (non-hydrogen) atoms. The van der Waals surface area contributed by atoms with E-state index >= 15 is 0 Å². The van der Waals surface area contributed by atoms with E-state index in [4.69, 9.17) is 5.11 Å². The molecule has 0 aromatic heterocycles. The second kappa shape index (κ2) is 4.66. The largest absolute Gasteiger partial charge is 0.395 e. The summed E-state index contributed by atoms with van der Waals surface area (Å²) in [5.41, 5.74) is 0. The smallest absolute Gasteiger partial charge is 0.0558 e. The van der Waals surface area contributed by atoms with Crippen molar-refractivity contribution in [3.8, 4) is 0 Å². The molecule has 1 fully saturated rings. The number of β-amino-alcohol motifs (C(OH)–C–C–N with tert-alkyl or cyclic N) is 1. The fourth-order valence-electron chi connectivity index (χ4n) is 1.23. The highest BCUT2D eigenvalue weighted by Gasteiger charge is 2.05. The molecule has 0 spiro atoms. The molecular formula is C7H16N2O. The lowest BCUT2D eigenvalue weighted by molar-refractivity contribution is 0.194. The van der Waals surface area contributed by atoms with E-state index in [-0.39, 0.29) is 6.61 Å². The summed E-state index contributed by atoms with van der Waals surface area (Å²) in [6.45, 7) is 4.30. The van der Waals surface area contributed by atoms with Crippen LogP contribution in [0.1, 0.15) is 12.8 Å². The van der Waals surface area contributed by atoms with Gasteiger partial charge in [-0.2, -0.15) is 0 Å². The Bertz CT molecular complexity index is 79.7. The van der Waals surface area contributed by atoms with Crippen LogP contribution in [-0.2, 0) is 0 Å². The monoisotopic (exact) mass is 144 g/mol. The lowest BCUT2D eigenvalue weighted by Crippen LogP contribution is -2.34. The number of rotatable bonds is 2. The van der Waals surface area contributed by atoms with Crippen molar-refractivity contribution in [2.45, 2.75) is 12.8 Å². The van der Waals surface area contributed by atoms with E-state index in [9.17, 15) is 0 Å². The van der Waals surface area contributed by atoms with E-state index in [1.54, 1.807) is 0 Å². The summed E-state index contributed by atoms with van der Waals surface area (Å²) in [6, 6.07) is 0. The van der Waals surface area contributed by atoms with Gasteiger partial charge in [-0.25, -0.2) is 0 Å². The van der Waals surface area contributed by atoms with Crippen LogP contribution in [0, 0.1) is 0 Å². The topological polar surface area (TPSA) is 35.5 Å². The van der Waals surface area contributed by atoms with Gasteiger partial charge in [0.15, 0.2) is 0 Å². The van der Waals surface area contributed by atoms with Crippen molar-refractivity contribution in [3.05, 3.63) is 0 Å². The lowest BCUT2D eigenvalue weighted by atomic mass is 10.3. The van der Waals surface area contributed by atoms with Gasteiger partial charge in [-0.15, -0.1) is 0 Å². The van der Waals surface area contributed by atoms with Crippen LogP contribution in [0.15, 0.2) is 0 Å². The number of hydrogen-bond acceptors (Lipinski definition) is 3. The summed E-state index contributed by atoms with van der Waals surface area (Å²) in [6.07, 6.45) is 2.52. The van der Waals surface area contributed by atoms with Gasteiger partial charge < -0.3 is 10.4 Å². The summed E-state index contributed by atoms with van der Waals surface area (Å²) in [5.74, 6) is 0. The Labute approximate surface area is 62.0 Å². The minimum absolute atomic E-state index is 0.279. The van der Waals surface area contributed by atoms with Crippen molar-refractivity contribution in [3.63, 3.8) is 0 Å². The van der Waals surface area contributed by atoms with Gasteiger partial charge in [-0.1, -0.05) is 0 Å². The number of aliphatic hydroxyl groups excluding tert-OH is 1. The Hall–Kier alpha value is -0.120. The SMILES string of the molecule is OCCN1CCCCNC1. The summed E-state index contributed by atoms with van der Waals surface area (Å²) in [7, 11) is 0. The fraction of sp³-hybridized carbons (Fsp3) is 1.00. The average Bonchev–Trinajstić information content (AvgIpc) is 2.17. The van der Waals surface area contributed by atoms with Crippen molar-refractivity contribution in [1.82, 2.24) is 10.2 Å². The maximum Gasteiger partial charge on any atom is 0.0558 e. The molecule has 0 bridgehead atoms. The van der Waals surface area contributed by atoms with E-state index in [1.807, 2.05) is 0 Å². The summed E-state index contributed by atoms with van der Waals surface area (Å²) < 4.78 is 0. The van der Waals surface area contributed by atoms with Crippen molar-refractivity contribution in [2.75, 3.05) is 32.9 Å². The van der Waals surface area contributed by atoms with Crippen LogP contribution in [0.4, 0.5) is 0 Å². The maximum atomic E-state index is 8.64. The van der Waals surface area contributed by atoms with Crippen LogP contribution < -0.4 is 5.32 Å². The zero-order valence-corrected chi connectivity index (χ0v) is 6.34. The van der Waals surface area contributed by atoms with Crippen LogP contribution in [0.5, 0.6) is 0 Å². The van der Waals surface area contributed by atoms with Crippen molar-refractivity contribution in [1.29, 1.82) is 0 Å². The Kier molecular flexibility index (Phi) is 3.72. The van der Waals surface area contributed by atoms with E-state index in [0.29, 0.717) is 0 Å². The second-order valence-electron chi connectivity index (χ2n) is 2.71. The van der Waals surface area contributed by atoms with Gasteiger partial charge in [0, 0.05) is 13.2 Å². The Morgan fingerprint density at radius 3 is 3.10 bits per heavy atom. The number of hydrogen-bond donors (Lipinski definition) is 2. The first-order valence-electron chi connectivity index (χ1n) is 3.97. The van der Waals surface area contributed by atoms with Crippen LogP contribution in [-0.4, -0.2) is 42.9 Å². The van der Waals surface area contributed by atoms with Gasteiger partial charge in [0.25, 0.3) is 0 Å². The number of nitrogens with zero attached hydrogens (tertiary/aromatic N) is 1. The predicted octanol–water partition coefficient (Wildman–Crippen LogP) is -0.378. The van der Waals surface area contributed by atoms with Gasteiger partial charge in [-0.3, -0.25) is 4.90 Å². The second-order valence-corrected chi connectivity index (χ2v) is 2.71. The molecule has 0 aromatic rings. The molecule has 0 aliphatic carbocycles. The molecule has 1 rings (SSSR count). The minimum atomic E-state index is 0.279. The highest BCUT2D eigenvalue weighted by Crippen LogP contribution is 1.96. The molecule has 2 N–H and O–H groups in total. The third-order valence-electron chi connectivity index (χ3n) is 1.83. The Morgan fingerprint density at radius 2 is 2.30 bits per heavy atom. The maximum absolute atomic E-state index is 8.64. The standard InChI is InChI=1S/C7H16N2O/c10-6-5-9-4-2-1-3-8-7-9/h8,10H,1-7H2. The molecule has 1 saturated heterocycles. The van der Waals surface area contributed by atoms with Crippen LogP contribution in [0.2, 0.25) is 0 Å². The Morgan fingerprint density at radius 1 is 1.40 bits per heavy atom. The van der Waals surface area contributed by atoms with Gasteiger partial charge >= 0.3 is 0 Å². The van der Waals surface area contributed by atoms with Crippen molar-refractivity contribution in [2.24, 2.45) is 0 Å². The van der Waals surface area contributed by atoms with Crippen LogP contribution in [0.3, 0.4) is 0 Å². The molecule has 3 heteroatoms. The zero-order chi connectivity index (χ0) is 7.23. The molecule has 0 amide bonds. The average molecular weight is 144 g/mol. The predicted molar refractivity (Wildman–Crippen MR) is 40.8 cm³/mol. The molecule has 0 unspecified atom stereocenters. The third kappa shape index (κ3) is 2.64. The third-order valence-corrected chi connectivity index (χ3v) is 1.83.